The van der Waals surface area contributed by atoms with Crippen molar-refractivity contribution >= 4 is 27.5 Å². The van der Waals surface area contributed by atoms with Crippen molar-refractivity contribution in [2.45, 2.75) is 18.7 Å². The zero-order valence-electron chi connectivity index (χ0n) is 25.8. The number of morpholine rings is 2. The minimum absolute atomic E-state index is 0.224. The topological polar surface area (TPSA) is 101 Å². The molecule has 9 rings (SSSR count). The van der Waals surface area contributed by atoms with Gasteiger partial charge in [-0.2, -0.15) is 0 Å². The van der Waals surface area contributed by atoms with Gasteiger partial charge in [0.05, 0.1) is 32.0 Å². The third-order valence-corrected chi connectivity index (χ3v) is 10.1. The first kappa shape index (κ1) is 28.5. The van der Waals surface area contributed by atoms with E-state index in [-0.39, 0.29) is 11.5 Å². The lowest BCUT2D eigenvalue weighted by molar-refractivity contribution is 0.0225. The molecule has 238 valence electrons. The lowest BCUT2D eigenvalue weighted by atomic mass is 9.76. The summed E-state index contributed by atoms with van der Waals surface area (Å²) < 4.78 is 24.4. The first-order chi connectivity index (χ1) is 23.0. The molecule has 0 bridgehead atoms. The summed E-state index contributed by atoms with van der Waals surface area (Å²) >= 11 is 0. The maximum atomic E-state index is 13.6. The van der Waals surface area contributed by atoms with Crippen molar-refractivity contribution in [2.24, 2.45) is 0 Å². The lowest BCUT2D eigenvalue weighted by Gasteiger charge is -2.37. The Labute approximate surface area is 271 Å². The Balaban J connectivity index is 1.26. The molecule has 4 aliphatic heterocycles. The molecule has 2 N–H and O–H groups in total. The second-order valence-corrected chi connectivity index (χ2v) is 12.8. The molecule has 5 aromatic carbocycles. The fourth-order valence-electron chi connectivity index (χ4n) is 7.70. The van der Waals surface area contributed by atoms with Gasteiger partial charge in [-0.15, -0.1) is 0 Å². The molecule has 5 aromatic rings. The molecule has 47 heavy (non-hydrogen) atoms. The maximum Gasteiger partial charge on any atom is 0.340 e. The van der Waals surface area contributed by atoms with E-state index in [9.17, 15) is 15.0 Å². The van der Waals surface area contributed by atoms with Gasteiger partial charge in [-0.3, -0.25) is 9.80 Å². The van der Waals surface area contributed by atoms with Gasteiger partial charge >= 0.3 is 5.97 Å². The summed E-state index contributed by atoms with van der Waals surface area (Å²) in [6.45, 7) is 6.91. The van der Waals surface area contributed by atoms with Crippen LogP contribution in [0.2, 0.25) is 0 Å². The number of benzene rings is 5. The molecular formula is C38H34N2O7. The zero-order chi connectivity index (χ0) is 31.7. The van der Waals surface area contributed by atoms with E-state index in [0.717, 1.165) is 75.5 Å². The Hall–Kier alpha value is -4.67. The van der Waals surface area contributed by atoms with E-state index in [1.807, 2.05) is 54.6 Å². The Kier molecular flexibility index (Phi) is 6.65. The third-order valence-electron chi connectivity index (χ3n) is 10.1. The van der Waals surface area contributed by atoms with Crippen LogP contribution in [0.25, 0.3) is 21.5 Å². The number of hydrogen-bond acceptors (Lipinski definition) is 9. The second-order valence-electron chi connectivity index (χ2n) is 12.8. The Morgan fingerprint density at radius 2 is 1.15 bits per heavy atom. The average molecular weight is 631 g/mol. The van der Waals surface area contributed by atoms with E-state index in [1.165, 1.54) is 0 Å². The van der Waals surface area contributed by atoms with Gasteiger partial charge in [-0.1, -0.05) is 30.3 Å². The van der Waals surface area contributed by atoms with Crippen molar-refractivity contribution in [3.05, 3.63) is 106 Å². The molecular weight excluding hydrogens is 596 g/mol. The number of carbonyl (C=O) groups excluding carboxylic acids is 1. The summed E-state index contributed by atoms with van der Waals surface area (Å²) in [6, 6.07) is 22.8. The fourth-order valence-corrected chi connectivity index (χ4v) is 7.70. The summed E-state index contributed by atoms with van der Waals surface area (Å²) in [5.41, 5.74) is 3.11. The molecule has 9 heteroatoms. The van der Waals surface area contributed by atoms with Gasteiger partial charge in [0.15, 0.2) is 5.60 Å². The molecule has 0 atom stereocenters. The smallest absolute Gasteiger partial charge is 0.340 e. The number of hydrogen-bond donors (Lipinski definition) is 2. The van der Waals surface area contributed by atoms with Crippen LogP contribution in [-0.2, 0) is 32.9 Å². The number of fused-ring (bicyclic) bond motifs is 8. The average Bonchev–Trinajstić information content (AvgIpc) is 3.40. The van der Waals surface area contributed by atoms with Crippen molar-refractivity contribution in [2.75, 3.05) is 52.6 Å². The number of rotatable bonds is 4. The Morgan fingerprint density at radius 3 is 1.68 bits per heavy atom. The third kappa shape index (κ3) is 4.49. The Morgan fingerprint density at radius 1 is 0.638 bits per heavy atom. The monoisotopic (exact) mass is 630 g/mol. The molecule has 0 saturated carbocycles. The maximum absolute atomic E-state index is 13.6. The molecule has 4 heterocycles. The van der Waals surface area contributed by atoms with Crippen LogP contribution in [0.3, 0.4) is 0 Å². The number of carbonyl (C=O) groups is 1. The highest BCUT2D eigenvalue weighted by atomic mass is 16.6. The normalized spacial score (nSPS) is 18.9. The molecule has 0 unspecified atom stereocenters. The quantitative estimate of drug-likeness (QED) is 0.245. The molecule has 0 aliphatic carbocycles. The molecule has 4 aliphatic rings. The van der Waals surface area contributed by atoms with Crippen LogP contribution in [0.4, 0.5) is 0 Å². The van der Waals surface area contributed by atoms with Crippen LogP contribution in [0.5, 0.6) is 23.0 Å². The van der Waals surface area contributed by atoms with Crippen LogP contribution >= 0.6 is 0 Å². The minimum atomic E-state index is -1.25. The van der Waals surface area contributed by atoms with E-state index in [4.69, 9.17) is 18.9 Å². The van der Waals surface area contributed by atoms with Crippen molar-refractivity contribution in [3.63, 3.8) is 0 Å². The van der Waals surface area contributed by atoms with Crippen LogP contribution in [0.1, 0.15) is 38.2 Å². The van der Waals surface area contributed by atoms with E-state index in [0.29, 0.717) is 56.6 Å². The number of phenolic OH excluding ortho intramolecular Hbond substituents is 2. The fraction of sp³-hybridized carbons (Fsp3) is 0.289. The first-order valence-corrected chi connectivity index (χ1v) is 16.2. The second kappa shape index (κ2) is 11.0. The van der Waals surface area contributed by atoms with Crippen LogP contribution in [0, 0.1) is 0 Å². The Bertz CT molecular complexity index is 1970. The molecule has 9 nitrogen and oxygen atoms in total. The van der Waals surface area contributed by atoms with Gasteiger partial charge in [0, 0.05) is 67.1 Å². The predicted octanol–water partition coefficient (Wildman–Crippen LogP) is 5.64. The molecule has 0 aromatic heterocycles. The number of nitrogens with zero attached hydrogens (tertiary/aromatic N) is 2. The first-order valence-electron chi connectivity index (χ1n) is 16.2. The molecule has 0 radical (unpaired) electrons. The number of phenols is 2. The van der Waals surface area contributed by atoms with Crippen LogP contribution < -0.4 is 4.74 Å². The lowest BCUT2D eigenvalue weighted by Crippen LogP contribution is -2.35. The summed E-state index contributed by atoms with van der Waals surface area (Å²) in [6.07, 6.45) is 0. The summed E-state index contributed by atoms with van der Waals surface area (Å²) in [4.78, 5) is 18.1. The number of esters is 1. The van der Waals surface area contributed by atoms with Gasteiger partial charge in [0.1, 0.15) is 23.0 Å². The van der Waals surface area contributed by atoms with Crippen LogP contribution in [0.15, 0.2) is 72.8 Å². The molecule has 0 amide bonds. The zero-order valence-corrected chi connectivity index (χ0v) is 25.8. The van der Waals surface area contributed by atoms with Gasteiger partial charge in [0.2, 0.25) is 0 Å². The molecule has 2 saturated heterocycles. The van der Waals surface area contributed by atoms with E-state index in [2.05, 4.69) is 9.80 Å². The standard InChI is InChI=1S/C38H34N2O7/c41-33-7-5-23-17-31-35(19-26(23)28(33)21-39-9-13-44-14-10-39)46-36-20-27-24(6-8-34(42)29(27)22-40-11-15-45-16-12-40)18-32(36)38(31)30-4-2-1-3-25(30)37(43)47-38/h1-8,17-20,41-42H,9-16,21-22H2. The van der Waals surface area contributed by atoms with Gasteiger partial charge in [-0.05, 0) is 64.0 Å². The summed E-state index contributed by atoms with van der Waals surface area (Å²) in [7, 11) is 0. The number of ether oxygens (including phenoxy) is 4. The van der Waals surface area contributed by atoms with Crippen molar-refractivity contribution in [1.82, 2.24) is 9.80 Å². The van der Waals surface area contributed by atoms with Crippen molar-refractivity contribution in [1.29, 1.82) is 0 Å². The largest absolute Gasteiger partial charge is 0.508 e. The van der Waals surface area contributed by atoms with Gasteiger partial charge < -0.3 is 29.2 Å². The van der Waals surface area contributed by atoms with E-state index in [1.54, 1.807) is 18.2 Å². The van der Waals surface area contributed by atoms with Crippen LogP contribution in [-0.4, -0.2) is 78.6 Å². The van der Waals surface area contributed by atoms with E-state index >= 15 is 0 Å². The van der Waals surface area contributed by atoms with Crippen molar-refractivity contribution < 1.29 is 34.0 Å². The summed E-state index contributed by atoms with van der Waals surface area (Å²) in [5, 5.41) is 25.7. The highest BCUT2D eigenvalue weighted by Crippen LogP contribution is 2.58. The number of aromatic hydroxyl groups is 2. The van der Waals surface area contributed by atoms with Gasteiger partial charge in [0.25, 0.3) is 0 Å². The molecule has 2 fully saturated rings. The molecule has 1 spiro atoms. The SMILES string of the molecule is O=C1OC2(c3cc4ccc(O)c(CN5CCOCC5)c4cc3Oc3cc4c(CN5CCOCC5)c(O)ccc4cc32)c2ccccc21. The van der Waals surface area contributed by atoms with Crippen molar-refractivity contribution in [3.8, 4) is 23.0 Å². The van der Waals surface area contributed by atoms with E-state index < -0.39 is 11.6 Å². The summed E-state index contributed by atoms with van der Waals surface area (Å²) in [5.74, 6) is 1.16. The van der Waals surface area contributed by atoms with Gasteiger partial charge in [-0.25, -0.2) is 4.79 Å². The predicted molar refractivity (Wildman–Crippen MR) is 175 cm³/mol. The highest BCUT2D eigenvalue weighted by molar-refractivity contribution is 5.99. The highest BCUT2D eigenvalue weighted by Gasteiger charge is 2.53. The minimum Gasteiger partial charge on any atom is -0.508 e.